The minimum atomic E-state index is -0.392. The van der Waals surface area contributed by atoms with Crippen molar-refractivity contribution in [2.45, 2.75) is 26.8 Å². The van der Waals surface area contributed by atoms with Gasteiger partial charge >= 0.3 is 5.69 Å². The highest BCUT2D eigenvalue weighted by Crippen LogP contribution is 2.26. The molecule has 0 aliphatic rings. The Hall–Kier alpha value is -1.63. The van der Waals surface area contributed by atoms with Gasteiger partial charge in [-0.3, -0.25) is 10.1 Å². The maximum atomic E-state index is 11.0. The summed E-state index contributed by atoms with van der Waals surface area (Å²) in [5.74, 6) is 0.467. The van der Waals surface area contributed by atoms with Gasteiger partial charge in [0.15, 0.2) is 0 Å². The Labute approximate surface area is 107 Å². The molecule has 1 N–H and O–H groups in total. The van der Waals surface area contributed by atoms with Gasteiger partial charge in [0.05, 0.1) is 4.92 Å². The van der Waals surface area contributed by atoms with E-state index >= 15 is 0 Å². The first-order chi connectivity index (χ1) is 8.34. The van der Waals surface area contributed by atoms with Crippen LogP contribution in [0.3, 0.4) is 0 Å². The van der Waals surface area contributed by atoms with Crippen molar-refractivity contribution in [3.63, 3.8) is 0 Å². The van der Waals surface area contributed by atoms with Gasteiger partial charge in [0.25, 0.3) is 0 Å². The number of hydrogen-bond donors (Lipinski definition) is 1. The standard InChI is InChI=1S/C11H21N5O2/c1-8(2)14(4)7-6-12-11-10(16(17)18)9(3)13-15(11)5/h8,12H,6-7H2,1-5H3. The Kier molecular flexibility index (Phi) is 4.66. The van der Waals surface area contributed by atoms with Crippen LogP contribution in [0.15, 0.2) is 0 Å². The van der Waals surface area contributed by atoms with Crippen molar-refractivity contribution >= 4 is 11.5 Å². The van der Waals surface area contributed by atoms with Crippen molar-refractivity contribution < 1.29 is 4.92 Å². The van der Waals surface area contributed by atoms with Crippen LogP contribution in [-0.4, -0.2) is 45.8 Å². The number of hydrogen-bond acceptors (Lipinski definition) is 5. The summed E-state index contributed by atoms with van der Waals surface area (Å²) in [4.78, 5) is 12.7. The molecule has 1 heterocycles. The smallest absolute Gasteiger partial charge is 0.333 e. The number of aryl methyl sites for hydroxylation is 2. The summed E-state index contributed by atoms with van der Waals surface area (Å²) >= 11 is 0. The Morgan fingerprint density at radius 1 is 1.56 bits per heavy atom. The van der Waals surface area contributed by atoms with Crippen molar-refractivity contribution in [3.8, 4) is 0 Å². The quantitative estimate of drug-likeness (QED) is 0.614. The zero-order valence-corrected chi connectivity index (χ0v) is 11.6. The highest BCUT2D eigenvalue weighted by molar-refractivity contribution is 5.59. The fourth-order valence-electron chi connectivity index (χ4n) is 1.67. The van der Waals surface area contributed by atoms with E-state index in [9.17, 15) is 10.1 Å². The van der Waals surface area contributed by atoms with Crippen molar-refractivity contribution in [3.05, 3.63) is 15.8 Å². The number of nitrogens with one attached hydrogen (secondary N) is 1. The number of nitrogens with zero attached hydrogens (tertiary/aromatic N) is 4. The predicted molar refractivity (Wildman–Crippen MR) is 70.9 cm³/mol. The fourth-order valence-corrected chi connectivity index (χ4v) is 1.67. The highest BCUT2D eigenvalue weighted by Gasteiger charge is 2.23. The summed E-state index contributed by atoms with van der Waals surface area (Å²) in [6, 6.07) is 0.454. The first-order valence-corrected chi connectivity index (χ1v) is 5.96. The van der Waals surface area contributed by atoms with E-state index in [0.717, 1.165) is 6.54 Å². The van der Waals surface area contributed by atoms with Crippen LogP contribution < -0.4 is 5.32 Å². The van der Waals surface area contributed by atoms with Crippen molar-refractivity contribution in [2.75, 3.05) is 25.5 Å². The van der Waals surface area contributed by atoms with Crippen molar-refractivity contribution in [1.29, 1.82) is 0 Å². The van der Waals surface area contributed by atoms with Gasteiger partial charge < -0.3 is 10.2 Å². The number of nitro groups is 1. The lowest BCUT2D eigenvalue weighted by atomic mass is 10.3. The topological polar surface area (TPSA) is 76.2 Å². The molecule has 0 bridgehead atoms. The highest BCUT2D eigenvalue weighted by atomic mass is 16.6. The second-order valence-corrected chi connectivity index (χ2v) is 4.66. The van der Waals surface area contributed by atoms with Gasteiger partial charge in [-0.2, -0.15) is 5.10 Å². The largest absolute Gasteiger partial charge is 0.363 e. The molecule has 0 aliphatic carbocycles. The lowest BCUT2D eigenvalue weighted by molar-refractivity contribution is -0.384. The fraction of sp³-hybridized carbons (Fsp3) is 0.727. The first-order valence-electron chi connectivity index (χ1n) is 5.96. The van der Waals surface area contributed by atoms with E-state index in [2.05, 4.69) is 29.2 Å². The maximum absolute atomic E-state index is 11.0. The summed E-state index contributed by atoms with van der Waals surface area (Å²) in [7, 11) is 3.73. The van der Waals surface area contributed by atoms with E-state index in [-0.39, 0.29) is 5.69 Å². The lowest BCUT2D eigenvalue weighted by Gasteiger charge is -2.21. The molecule has 0 aliphatic heterocycles. The summed E-state index contributed by atoms with van der Waals surface area (Å²) in [6.45, 7) is 7.32. The van der Waals surface area contributed by atoms with E-state index in [1.54, 1.807) is 14.0 Å². The summed E-state index contributed by atoms with van der Waals surface area (Å²) in [5, 5.41) is 18.1. The van der Waals surface area contributed by atoms with Crippen LogP contribution in [0, 0.1) is 17.0 Å². The monoisotopic (exact) mass is 255 g/mol. The van der Waals surface area contributed by atoms with Gasteiger partial charge in [-0.25, -0.2) is 4.68 Å². The zero-order valence-electron chi connectivity index (χ0n) is 11.6. The van der Waals surface area contributed by atoms with E-state index in [4.69, 9.17) is 0 Å². The van der Waals surface area contributed by atoms with Crippen molar-refractivity contribution in [1.82, 2.24) is 14.7 Å². The molecule has 0 saturated heterocycles. The third-order valence-electron chi connectivity index (χ3n) is 3.01. The minimum absolute atomic E-state index is 0.0599. The molecule has 1 rings (SSSR count). The Bertz CT molecular complexity index is 427. The molecule has 18 heavy (non-hydrogen) atoms. The molecule has 0 spiro atoms. The lowest BCUT2D eigenvalue weighted by Crippen LogP contribution is -2.31. The van der Waals surface area contributed by atoms with Crippen LogP contribution in [0.5, 0.6) is 0 Å². The van der Waals surface area contributed by atoms with Crippen molar-refractivity contribution in [2.24, 2.45) is 7.05 Å². The molecule has 0 unspecified atom stereocenters. The molecule has 0 amide bonds. The van der Waals surface area contributed by atoms with Gasteiger partial charge in [0, 0.05) is 26.2 Å². The Morgan fingerprint density at radius 3 is 2.67 bits per heavy atom. The second kappa shape index (κ2) is 5.81. The van der Waals surface area contributed by atoms with Crippen LogP contribution in [0.2, 0.25) is 0 Å². The number of anilines is 1. The zero-order chi connectivity index (χ0) is 13.9. The SMILES string of the molecule is Cc1nn(C)c(NCCN(C)C(C)C)c1[N+](=O)[O-]. The van der Waals surface area contributed by atoms with Crippen LogP contribution in [0.4, 0.5) is 11.5 Å². The molecule has 0 saturated carbocycles. The molecule has 0 fully saturated rings. The average Bonchev–Trinajstić information content (AvgIpc) is 2.53. The van der Waals surface area contributed by atoms with E-state index in [0.29, 0.717) is 24.1 Å². The van der Waals surface area contributed by atoms with Crippen LogP contribution >= 0.6 is 0 Å². The maximum Gasteiger partial charge on any atom is 0.333 e. The molecule has 1 aromatic heterocycles. The van der Waals surface area contributed by atoms with E-state index in [1.807, 2.05) is 7.05 Å². The molecule has 1 aromatic rings. The number of rotatable bonds is 6. The molecular weight excluding hydrogens is 234 g/mol. The Morgan fingerprint density at radius 2 is 2.17 bits per heavy atom. The molecular formula is C11H21N5O2. The first kappa shape index (κ1) is 14.4. The van der Waals surface area contributed by atoms with Gasteiger partial charge in [0.1, 0.15) is 5.69 Å². The van der Waals surface area contributed by atoms with E-state index in [1.165, 1.54) is 4.68 Å². The Balaban J connectivity index is 2.70. The molecule has 7 heteroatoms. The molecule has 0 atom stereocenters. The molecule has 0 aromatic carbocycles. The summed E-state index contributed by atoms with van der Waals surface area (Å²) in [6.07, 6.45) is 0. The normalized spacial score (nSPS) is 11.3. The number of likely N-dealkylation sites (N-methyl/N-ethyl adjacent to an activating group) is 1. The second-order valence-electron chi connectivity index (χ2n) is 4.66. The van der Waals surface area contributed by atoms with Gasteiger partial charge in [-0.15, -0.1) is 0 Å². The van der Waals surface area contributed by atoms with Gasteiger partial charge in [-0.05, 0) is 27.8 Å². The minimum Gasteiger partial charge on any atom is -0.363 e. The average molecular weight is 255 g/mol. The third-order valence-corrected chi connectivity index (χ3v) is 3.01. The molecule has 7 nitrogen and oxygen atoms in total. The molecule has 0 radical (unpaired) electrons. The summed E-state index contributed by atoms with van der Waals surface area (Å²) < 4.78 is 1.52. The van der Waals surface area contributed by atoms with Crippen LogP contribution in [0.1, 0.15) is 19.5 Å². The van der Waals surface area contributed by atoms with E-state index < -0.39 is 4.92 Å². The van der Waals surface area contributed by atoms with Crippen LogP contribution in [0.25, 0.3) is 0 Å². The van der Waals surface area contributed by atoms with Gasteiger partial charge in [0.2, 0.25) is 5.82 Å². The van der Waals surface area contributed by atoms with Gasteiger partial charge in [-0.1, -0.05) is 0 Å². The third kappa shape index (κ3) is 3.19. The predicted octanol–water partition coefficient (Wildman–Crippen LogP) is 1.39. The van der Waals surface area contributed by atoms with Crippen LogP contribution in [-0.2, 0) is 7.05 Å². The molecule has 102 valence electrons. The summed E-state index contributed by atoms with van der Waals surface area (Å²) in [5.41, 5.74) is 0.493. The number of aromatic nitrogens is 2.